The number of benzene rings is 1. The van der Waals surface area contributed by atoms with Gasteiger partial charge in [-0.3, -0.25) is 14.8 Å². The van der Waals surface area contributed by atoms with Gasteiger partial charge < -0.3 is 10.4 Å². The third-order valence-electron chi connectivity index (χ3n) is 5.13. The van der Waals surface area contributed by atoms with E-state index in [4.69, 9.17) is 10.3 Å². The van der Waals surface area contributed by atoms with Gasteiger partial charge in [-0.05, 0) is 62.3 Å². The molecule has 1 fully saturated rings. The van der Waals surface area contributed by atoms with E-state index < -0.39 is 32.4 Å². The van der Waals surface area contributed by atoms with Crippen LogP contribution in [0.2, 0.25) is 0 Å². The number of hydrogen-bond acceptors (Lipinski definition) is 6. The zero-order valence-corrected chi connectivity index (χ0v) is 17.7. The molecule has 0 radical (unpaired) electrons. The van der Waals surface area contributed by atoms with Gasteiger partial charge in [0.2, 0.25) is 0 Å². The van der Waals surface area contributed by atoms with Crippen molar-refractivity contribution in [2.45, 2.75) is 31.1 Å². The van der Waals surface area contributed by atoms with Crippen molar-refractivity contribution in [1.29, 1.82) is 0 Å². The summed E-state index contributed by atoms with van der Waals surface area (Å²) in [6.45, 7) is 2.71. The molecule has 160 valence electrons. The van der Waals surface area contributed by atoms with Crippen molar-refractivity contribution in [2.75, 3.05) is 12.9 Å². The maximum atomic E-state index is 12.5. The average Bonchev–Trinajstić information content (AvgIpc) is 3.46. The van der Waals surface area contributed by atoms with Gasteiger partial charge in [-0.25, -0.2) is 13.9 Å². The van der Waals surface area contributed by atoms with Crippen LogP contribution >= 0.6 is 0 Å². The van der Waals surface area contributed by atoms with Gasteiger partial charge >= 0.3 is 0 Å². The molecule has 0 heterocycles. The highest BCUT2D eigenvalue weighted by Gasteiger charge is 2.44. The van der Waals surface area contributed by atoms with Crippen LogP contribution in [0.5, 0.6) is 0 Å². The summed E-state index contributed by atoms with van der Waals surface area (Å²) < 4.78 is 22.4. The molecular formula is C21H24N2O6S. The van der Waals surface area contributed by atoms with E-state index >= 15 is 0 Å². The van der Waals surface area contributed by atoms with E-state index in [-0.39, 0.29) is 24.0 Å². The first-order chi connectivity index (χ1) is 14.0. The molecule has 1 aliphatic carbocycles. The van der Waals surface area contributed by atoms with Crippen molar-refractivity contribution in [2.24, 2.45) is 11.8 Å². The van der Waals surface area contributed by atoms with Crippen LogP contribution in [0, 0.1) is 35.5 Å². The fourth-order valence-corrected chi connectivity index (χ4v) is 3.21. The lowest BCUT2D eigenvalue weighted by Crippen LogP contribution is -2.60. The molecule has 4 N–H and O–H groups in total. The van der Waals surface area contributed by atoms with Crippen LogP contribution in [0.1, 0.15) is 36.2 Å². The molecule has 2 amide bonds. The number of carbonyl (C=O) groups is 2. The Morgan fingerprint density at radius 2 is 1.87 bits per heavy atom. The molecule has 0 bridgehead atoms. The number of aliphatic hydroxyl groups excluding tert-OH is 1. The molecule has 3 atom stereocenters. The van der Waals surface area contributed by atoms with E-state index in [9.17, 15) is 18.0 Å². The zero-order valence-electron chi connectivity index (χ0n) is 16.9. The van der Waals surface area contributed by atoms with Gasteiger partial charge in [0.15, 0.2) is 9.84 Å². The normalized spacial score (nSPS) is 18.7. The summed E-state index contributed by atoms with van der Waals surface area (Å²) in [5, 5.41) is 20.3. The minimum Gasteiger partial charge on any atom is -0.396 e. The van der Waals surface area contributed by atoms with Crippen LogP contribution in [-0.2, 0) is 14.6 Å². The molecule has 0 aromatic heterocycles. The lowest BCUT2D eigenvalue weighted by atomic mass is 10.0. The van der Waals surface area contributed by atoms with Gasteiger partial charge in [0, 0.05) is 29.9 Å². The second-order valence-electron chi connectivity index (χ2n) is 7.64. The summed E-state index contributed by atoms with van der Waals surface area (Å²) >= 11 is 0. The number of sulfone groups is 1. The van der Waals surface area contributed by atoms with Crippen molar-refractivity contribution >= 4 is 21.7 Å². The Balaban J connectivity index is 2.10. The Kier molecular flexibility index (Phi) is 7.27. The van der Waals surface area contributed by atoms with Crippen LogP contribution in [-0.4, -0.2) is 54.2 Å². The quantitative estimate of drug-likeness (QED) is 0.286. The van der Waals surface area contributed by atoms with Gasteiger partial charge in [-0.15, -0.1) is 0 Å². The molecule has 30 heavy (non-hydrogen) atoms. The van der Waals surface area contributed by atoms with Crippen LogP contribution in [0.3, 0.4) is 0 Å². The van der Waals surface area contributed by atoms with Gasteiger partial charge in [0.1, 0.15) is 6.04 Å². The fraction of sp³-hybridized carbons (Fsp3) is 0.429. The Bertz CT molecular complexity index is 1040. The molecule has 0 saturated heterocycles. The maximum Gasteiger partial charge on any atom is 0.267 e. The van der Waals surface area contributed by atoms with E-state index in [1.54, 1.807) is 12.1 Å². The number of aliphatic hydroxyl groups is 1. The molecule has 9 heteroatoms. The average molecular weight is 432 g/mol. The van der Waals surface area contributed by atoms with Crippen molar-refractivity contribution in [3.05, 3.63) is 35.4 Å². The molecule has 0 aliphatic heterocycles. The van der Waals surface area contributed by atoms with E-state index in [0.29, 0.717) is 5.56 Å². The summed E-state index contributed by atoms with van der Waals surface area (Å²) in [6.07, 6.45) is 1.83. The second kappa shape index (κ2) is 9.31. The van der Waals surface area contributed by atoms with E-state index in [1.807, 2.05) is 0 Å². The Morgan fingerprint density at radius 3 is 2.37 bits per heavy atom. The highest BCUT2D eigenvalue weighted by Crippen LogP contribution is 2.36. The lowest BCUT2D eigenvalue weighted by molar-refractivity contribution is -0.131. The Hall–Kier alpha value is -2.85. The largest absolute Gasteiger partial charge is 0.396 e. The predicted molar refractivity (Wildman–Crippen MR) is 110 cm³/mol. The maximum absolute atomic E-state index is 12.5. The molecule has 1 aromatic rings. The van der Waals surface area contributed by atoms with Gasteiger partial charge in [-0.1, -0.05) is 11.8 Å². The fourth-order valence-electron chi connectivity index (χ4n) is 2.61. The van der Waals surface area contributed by atoms with Crippen LogP contribution in [0.15, 0.2) is 24.3 Å². The van der Waals surface area contributed by atoms with E-state index in [2.05, 4.69) is 29.0 Å². The first-order valence-corrected chi connectivity index (χ1v) is 11.1. The minimum atomic E-state index is -3.74. The summed E-state index contributed by atoms with van der Waals surface area (Å²) in [5.74, 6) is 10.0. The summed E-state index contributed by atoms with van der Waals surface area (Å²) in [5.41, 5.74) is 2.21. The standard InChI is InChI=1S/C21H24N2O6S/c1-21(2,30(3,28)29)18(20(26)23-27)22-19(25)15-10-8-14(9-11-15)6-4-5-7-16-12-17(16)13-24/h8-11,16-18,24,27H,12-13H2,1-3H3,(H,22,25)(H,23,26)/t16?,17?,18-/m1/s1. The number of nitrogens with one attached hydrogen (secondary N) is 2. The molecule has 0 spiro atoms. The molecule has 2 unspecified atom stereocenters. The molecule has 1 aromatic carbocycles. The van der Waals surface area contributed by atoms with Crippen molar-refractivity contribution in [3.8, 4) is 23.7 Å². The minimum absolute atomic E-state index is 0.137. The number of hydrogen-bond donors (Lipinski definition) is 4. The first-order valence-electron chi connectivity index (χ1n) is 9.18. The highest BCUT2D eigenvalue weighted by atomic mass is 32.2. The number of amides is 2. The third-order valence-corrected chi connectivity index (χ3v) is 7.28. The van der Waals surface area contributed by atoms with Crippen LogP contribution < -0.4 is 10.8 Å². The Labute approximate surface area is 175 Å². The second-order valence-corrected chi connectivity index (χ2v) is 10.2. The van der Waals surface area contributed by atoms with Gasteiger partial charge in [0.25, 0.3) is 11.8 Å². The Morgan fingerprint density at radius 1 is 1.23 bits per heavy atom. The van der Waals surface area contributed by atoms with Crippen molar-refractivity contribution < 1.29 is 28.3 Å². The van der Waals surface area contributed by atoms with Crippen molar-refractivity contribution in [1.82, 2.24) is 10.8 Å². The number of carbonyl (C=O) groups excluding carboxylic acids is 2. The zero-order chi connectivity index (χ0) is 22.5. The molecular weight excluding hydrogens is 408 g/mol. The number of hydroxylamine groups is 1. The van der Waals surface area contributed by atoms with Gasteiger partial charge in [-0.2, -0.15) is 0 Å². The van der Waals surface area contributed by atoms with E-state index in [1.165, 1.54) is 31.5 Å². The van der Waals surface area contributed by atoms with Gasteiger partial charge in [0.05, 0.1) is 4.75 Å². The smallest absolute Gasteiger partial charge is 0.267 e. The summed E-state index contributed by atoms with van der Waals surface area (Å²) in [4.78, 5) is 24.5. The molecule has 2 rings (SSSR count). The topological polar surface area (TPSA) is 133 Å². The lowest BCUT2D eigenvalue weighted by Gasteiger charge is -2.31. The molecule has 1 aliphatic rings. The molecule has 1 saturated carbocycles. The SMILES string of the molecule is CC(C)([C@H](NC(=O)c1ccc(C#CC#CC2CC2CO)cc1)C(=O)NO)S(C)(=O)=O. The third kappa shape index (κ3) is 5.61. The van der Waals surface area contributed by atoms with Crippen LogP contribution in [0.4, 0.5) is 0 Å². The number of rotatable bonds is 6. The monoisotopic (exact) mass is 432 g/mol. The van der Waals surface area contributed by atoms with E-state index in [0.717, 1.165) is 12.7 Å². The molecule has 8 nitrogen and oxygen atoms in total. The predicted octanol–water partition coefficient (Wildman–Crippen LogP) is 0.0969. The van der Waals surface area contributed by atoms with Crippen LogP contribution in [0.25, 0.3) is 0 Å². The first kappa shape index (κ1) is 23.4. The highest BCUT2D eigenvalue weighted by molar-refractivity contribution is 7.92. The summed E-state index contributed by atoms with van der Waals surface area (Å²) in [7, 11) is -3.74. The summed E-state index contributed by atoms with van der Waals surface area (Å²) in [6, 6.07) is 4.65. The van der Waals surface area contributed by atoms with Crippen molar-refractivity contribution in [3.63, 3.8) is 0 Å².